The van der Waals surface area contributed by atoms with Gasteiger partial charge < -0.3 is 10.6 Å². The van der Waals surface area contributed by atoms with E-state index in [4.69, 9.17) is 11.6 Å². The van der Waals surface area contributed by atoms with Crippen molar-refractivity contribution in [2.75, 3.05) is 11.9 Å². The summed E-state index contributed by atoms with van der Waals surface area (Å²) in [5.74, 6) is -0.756. The van der Waals surface area contributed by atoms with Crippen LogP contribution >= 0.6 is 27.5 Å². The normalized spacial score (nSPS) is 12.9. The van der Waals surface area contributed by atoms with Crippen LogP contribution in [0.15, 0.2) is 22.7 Å². The molecule has 19 heavy (non-hydrogen) atoms. The Morgan fingerprint density at radius 2 is 2.11 bits per heavy atom. The van der Waals surface area contributed by atoms with Crippen molar-refractivity contribution in [1.82, 2.24) is 5.32 Å². The fourth-order valence-corrected chi connectivity index (χ4v) is 1.78. The quantitative estimate of drug-likeness (QED) is 0.863. The Bertz CT molecular complexity index is 468. The minimum atomic E-state index is -4.43. The van der Waals surface area contributed by atoms with Crippen molar-refractivity contribution in [2.45, 2.75) is 19.1 Å². The van der Waals surface area contributed by atoms with Crippen molar-refractivity contribution in [2.24, 2.45) is 0 Å². The van der Waals surface area contributed by atoms with E-state index in [0.29, 0.717) is 10.7 Å². The standard InChI is InChI=1S/C11H11BrClF3N2O/c1-6(10(19)17-5-11(14,15)16)18-9-4-7(12)2-3-8(9)13/h2-4,6,18H,5H2,1H3,(H,17,19). The van der Waals surface area contributed by atoms with Crippen molar-refractivity contribution in [3.8, 4) is 0 Å². The monoisotopic (exact) mass is 358 g/mol. The Balaban J connectivity index is 2.61. The SMILES string of the molecule is CC(Nc1cc(Br)ccc1Cl)C(=O)NCC(F)(F)F. The van der Waals surface area contributed by atoms with Crippen molar-refractivity contribution in [1.29, 1.82) is 0 Å². The van der Waals surface area contributed by atoms with E-state index in [0.717, 1.165) is 4.47 Å². The number of nitrogens with one attached hydrogen (secondary N) is 2. The predicted octanol–water partition coefficient (Wildman–Crippen LogP) is 3.58. The van der Waals surface area contributed by atoms with E-state index in [1.54, 1.807) is 23.5 Å². The lowest BCUT2D eigenvalue weighted by Crippen LogP contribution is -2.42. The molecule has 2 N–H and O–H groups in total. The van der Waals surface area contributed by atoms with Gasteiger partial charge in [-0.15, -0.1) is 0 Å². The molecule has 3 nitrogen and oxygen atoms in total. The molecule has 0 aromatic heterocycles. The largest absolute Gasteiger partial charge is 0.405 e. The number of rotatable bonds is 4. The number of anilines is 1. The summed E-state index contributed by atoms with van der Waals surface area (Å²) in [7, 11) is 0. The minimum absolute atomic E-state index is 0.374. The number of hydrogen-bond donors (Lipinski definition) is 2. The second kappa shape index (κ2) is 6.47. The number of alkyl halides is 3. The van der Waals surface area contributed by atoms with Crippen LogP contribution in [0, 0.1) is 0 Å². The lowest BCUT2D eigenvalue weighted by molar-refractivity contribution is -0.138. The van der Waals surface area contributed by atoms with Gasteiger partial charge in [0.2, 0.25) is 5.91 Å². The van der Waals surface area contributed by atoms with Gasteiger partial charge in [-0.25, -0.2) is 0 Å². The van der Waals surface area contributed by atoms with Gasteiger partial charge in [0.15, 0.2) is 0 Å². The molecule has 1 unspecified atom stereocenters. The molecule has 8 heteroatoms. The van der Waals surface area contributed by atoms with Crippen LogP contribution in [0.2, 0.25) is 5.02 Å². The van der Waals surface area contributed by atoms with Gasteiger partial charge in [0, 0.05) is 4.47 Å². The molecular weight excluding hydrogens is 348 g/mol. The van der Waals surface area contributed by atoms with Crippen LogP contribution in [0.5, 0.6) is 0 Å². The van der Waals surface area contributed by atoms with E-state index in [1.165, 1.54) is 6.92 Å². The average molecular weight is 360 g/mol. The van der Waals surface area contributed by atoms with Crippen molar-refractivity contribution >= 4 is 39.1 Å². The van der Waals surface area contributed by atoms with Gasteiger partial charge in [-0.1, -0.05) is 27.5 Å². The van der Waals surface area contributed by atoms with Crippen LogP contribution < -0.4 is 10.6 Å². The highest BCUT2D eigenvalue weighted by molar-refractivity contribution is 9.10. The number of amides is 1. The molecule has 1 aromatic carbocycles. The van der Waals surface area contributed by atoms with Crippen LogP contribution in [0.3, 0.4) is 0 Å². The van der Waals surface area contributed by atoms with Crippen molar-refractivity contribution in [3.63, 3.8) is 0 Å². The van der Waals surface area contributed by atoms with Crippen molar-refractivity contribution in [3.05, 3.63) is 27.7 Å². The highest BCUT2D eigenvalue weighted by Gasteiger charge is 2.28. The molecule has 1 atom stereocenters. The van der Waals surface area contributed by atoms with Gasteiger partial charge in [0.05, 0.1) is 10.7 Å². The number of halogens is 5. The third kappa shape index (κ3) is 5.69. The van der Waals surface area contributed by atoms with E-state index in [9.17, 15) is 18.0 Å². The third-order valence-corrected chi connectivity index (χ3v) is 2.98. The van der Waals surface area contributed by atoms with Crippen LogP contribution in [0.25, 0.3) is 0 Å². The minimum Gasteiger partial charge on any atom is -0.373 e. The highest BCUT2D eigenvalue weighted by Crippen LogP contribution is 2.26. The average Bonchev–Trinajstić information content (AvgIpc) is 2.29. The first-order chi connectivity index (χ1) is 8.69. The third-order valence-electron chi connectivity index (χ3n) is 2.16. The fourth-order valence-electron chi connectivity index (χ4n) is 1.25. The zero-order chi connectivity index (χ0) is 14.6. The van der Waals surface area contributed by atoms with Crippen LogP contribution in [0.4, 0.5) is 18.9 Å². The molecule has 1 aromatic rings. The smallest absolute Gasteiger partial charge is 0.373 e. The number of benzene rings is 1. The molecule has 0 aliphatic carbocycles. The zero-order valence-corrected chi connectivity index (χ0v) is 12.2. The van der Waals surface area contributed by atoms with Crippen molar-refractivity contribution < 1.29 is 18.0 Å². The van der Waals surface area contributed by atoms with E-state index >= 15 is 0 Å². The summed E-state index contributed by atoms with van der Waals surface area (Å²) in [6, 6.07) is 4.11. The van der Waals surface area contributed by atoms with E-state index in [1.807, 2.05) is 0 Å². The van der Waals surface area contributed by atoms with Crippen LogP contribution in [-0.4, -0.2) is 24.7 Å². The maximum atomic E-state index is 12.0. The molecule has 0 saturated heterocycles. The van der Waals surface area contributed by atoms with E-state index in [-0.39, 0.29) is 0 Å². The summed E-state index contributed by atoms with van der Waals surface area (Å²) >= 11 is 9.13. The number of hydrogen-bond acceptors (Lipinski definition) is 2. The van der Waals surface area contributed by atoms with Gasteiger partial charge >= 0.3 is 6.18 Å². The highest BCUT2D eigenvalue weighted by atomic mass is 79.9. The van der Waals surface area contributed by atoms with E-state index < -0.39 is 24.7 Å². The van der Waals surface area contributed by atoms with Gasteiger partial charge in [0.1, 0.15) is 12.6 Å². The predicted molar refractivity (Wildman–Crippen MR) is 71.3 cm³/mol. The molecule has 0 fully saturated rings. The lowest BCUT2D eigenvalue weighted by Gasteiger charge is -2.17. The molecule has 1 amide bonds. The molecule has 0 spiro atoms. The molecule has 0 bridgehead atoms. The second-order valence-corrected chi connectivity index (χ2v) is 5.15. The molecule has 0 heterocycles. The van der Waals surface area contributed by atoms with Crippen LogP contribution in [0.1, 0.15) is 6.92 Å². The fraction of sp³-hybridized carbons (Fsp3) is 0.364. The molecule has 106 valence electrons. The number of carbonyl (C=O) groups excluding carboxylic acids is 1. The number of carbonyl (C=O) groups is 1. The lowest BCUT2D eigenvalue weighted by atomic mass is 10.2. The molecule has 1 rings (SSSR count). The summed E-state index contributed by atoms with van der Waals surface area (Å²) in [5, 5.41) is 4.91. The molecule has 0 aliphatic rings. The van der Waals surface area contributed by atoms with Crippen LogP contribution in [-0.2, 0) is 4.79 Å². The Labute approximate surface area is 121 Å². The first-order valence-corrected chi connectivity index (χ1v) is 6.42. The summed E-state index contributed by atoms with van der Waals surface area (Å²) < 4.78 is 36.6. The Kier molecular flexibility index (Phi) is 5.49. The first kappa shape index (κ1) is 16.1. The van der Waals surface area contributed by atoms with Gasteiger partial charge in [0.25, 0.3) is 0 Å². The summed E-state index contributed by atoms with van der Waals surface area (Å²) in [4.78, 5) is 11.5. The summed E-state index contributed by atoms with van der Waals surface area (Å²) in [5.41, 5.74) is 0.464. The Hall–Kier alpha value is -0.950. The van der Waals surface area contributed by atoms with E-state index in [2.05, 4.69) is 21.2 Å². The van der Waals surface area contributed by atoms with Gasteiger partial charge in [-0.05, 0) is 25.1 Å². The maximum Gasteiger partial charge on any atom is 0.405 e. The zero-order valence-electron chi connectivity index (χ0n) is 9.81. The summed E-state index contributed by atoms with van der Waals surface area (Å²) in [6.07, 6.45) is -4.43. The van der Waals surface area contributed by atoms with Gasteiger partial charge in [-0.3, -0.25) is 4.79 Å². The summed E-state index contributed by atoms with van der Waals surface area (Å²) in [6.45, 7) is 0.0903. The van der Waals surface area contributed by atoms with Gasteiger partial charge in [-0.2, -0.15) is 13.2 Å². The Morgan fingerprint density at radius 1 is 1.47 bits per heavy atom. The Morgan fingerprint density at radius 3 is 2.68 bits per heavy atom. The molecule has 0 radical (unpaired) electrons. The second-order valence-electron chi connectivity index (χ2n) is 3.82. The topological polar surface area (TPSA) is 41.1 Å². The first-order valence-electron chi connectivity index (χ1n) is 5.25. The maximum absolute atomic E-state index is 12.0. The molecule has 0 aliphatic heterocycles. The molecule has 0 saturated carbocycles. The molecular formula is C11H11BrClF3N2O.